The molecule has 124 valence electrons. The summed E-state index contributed by atoms with van der Waals surface area (Å²) in [5, 5.41) is 3.59. The molecule has 0 heterocycles. The number of hydrogen-bond donors (Lipinski definition) is 1. The fourth-order valence-corrected chi connectivity index (χ4v) is 1.73. The van der Waals surface area contributed by atoms with E-state index in [2.05, 4.69) is 10.1 Å². The van der Waals surface area contributed by atoms with Crippen LogP contribution in [0.2, 0.25) is 0 Å². The molecule has 0 fully saturated rings. The van der Waals surface area contributed by atoms with Crippen molar-refractivity contribution in [3.8, 4) is 0 Å². The van der Waals surface area contributed by atoms with Crippen molar-refractivity contribution in [3.05, 3.63) is 29.8 Å². The third-order valence-corrected chi connectivity index (χ3v) is 2.82. The number of nitrogens with one attached hydrogen (secondary N) is 1. The molecule has 0 saturated heterocycles. The van der Waals surface area contributed by atoms with E-state index < -0.39 is 24.1 Å². The van der Waals surface area contributed by atoms with Crippen LogP contribution in [0, 0.1) is 0 Å². The minimum atomic E-state index is -1.07. The highest BCUT2D eigenvalue weighted by Gasteiger charge is 2.23. The van der Waals surface area contributed by atoms with Gasteiger partial charge in [0, 0.05) is 12.6 Å². The maximum atomic E-state index is 11.9. The average Bonchev–Trinajstić information content (AvgIpc) is 2.52. The van der Waals surface area contributed by atoms with E-state index in [4.69, 9.17) is 4.84 Å². The first-order valence-electron chi connectivity index (χ1n) is 6.69. The zero-order chi connectivity index (χ0) is 17.4. The van der Waals surface area contributed by atoms with Crippen molar-refractivity contribution < 1.29 is 28.8 Å². The van der Waals surface area contributed by atoms with E-state index in [-0.39, 0.29) is 12.5 Å². The molecule has 0 aliphatic rings. The van der Waals surface area contributed by atoms with Gasteiger partial charge in [0.25, 0.3) is 5.91 Å². The molecular formula is C15H18N2O6. The molecule has 0 unspecified atom stereocenters. The van der Waals surface area contributed by atoms with Gasteiger partial charge in [-0.05, 0) is 17.7 Å². The van der Waals surface area contributed by atoms with E-state index in [0.717, 1.165) is 17.7 Å². The number of Topliss-reactive ketones (excluding diaryl/α,β-unsaturated/α-hetero) is 1. The summed E-state index contributed by atoms with van der Waals surface area (Å²) < 4.78 is 4.25. The molecular weight excluding hydrogens is 304 g/mol. The molecule has 0 radical (unpaired) electrons. The van der Waals surface area contributed by atoms with Crippen LogP contribution in [-0.4, -0.2) is 42.8 Å². The molecule has 1 aromatic rings. The molecule has 1 N–H and O–H groups in total. The van der Waals surface area contributed by atoms with E-state index in [9.17, 15) is 19.2 Å². The van der Waals surface area contributed by atoms with E-state index in [1.54, 1.807) is 24.3 Å². The van der Waals surface area contributed by atoms with Gasteiger partial charge in [-0.1, -0.05) is 12.1 Å². The van der Waals surface area contributed by atoms with Crippen LogP contribution in [0.25, 0.3) is 0 Å². The van der Waals surface area contributed by atoms with E-state index in [0.29, 0.717) is 5.69 Å². The van der Waals surface area contributed by atoms with Gasteiger partial charge >= 0.3 is 5.97 Å². The number of ketones is 1. The summed E-state index contributed by atoms with van der Waals surface area (Å²) >= 11 is 0. The zero-order valence-corrected chi connectivity index (χ0v) is 13.1. The summed E-state index contributed by atoms with van der Waals surface area (Å²) in [5.74, 6) is -2.86. The standard InChI is InChI=1S/C15H18N2O6/c1-10(18)16-12-6-4-11(5-7-12)9-17(23-3)14(20)8-13(19)15(21)22-2/h4-7H,8-9H2,1-3H3,(H,16,18). The number of nitrogens with zero attached hydrogens (tertiary/aromatic N) is 1. The highest BCUT2D eigenvalue weighted by Crippen LogP contribution is 2.12. The van der Waals surface area contributed by atoms with E-state index in [1.165, 1.54) is 14.0 Å². The summed E-state index contributed by atoms with van der Waals surface area (Å²) in [4.78, 5) is 50.2. The Labute approximate surface area is 133 Å². The third-order valence-electron chi connectivity index (χ3n) is 2.82. The second-order valence-corrected chi connectivity index (χ2v) is 4.58. The Morgan fingerprint density at radius 2 is 1.70 bits per heavy atom. The average molecular weight is 322 g/mol. The third kappa shape index (κ3) is 5.87. The van der Waals surface area contributed by atoms with Crippen molar-refractivity contribution in [3.63, 3.8) is 0 Å². The van der Waals surface area contributed by atoms with Crippen LogP contribution >= 0.6 is 0 Å². The van der Waals surface area contributed by atoms with E-state index >= 15 is 0 Å². The number of benzene rings is 1. The normalized spacial score (nSPS) is 9.87. The number of rotatable bonds is 7. The molecule has 0 aromatic heterocycles. The maximum Gasteiger partial charge on any atom is 0.374 e. The SMILES string of the molecule is COC(=O)C(=O)CC(=O)N(Cc1ccc(NC(C)=O)cc1)OC. The van der Waals surface area contributed by atoms with Gasteiger partial charge in [-0.25, -0.2) is 9.86 Å². The van der Waals surface area contributed by atoms with Crippen molar-refractivity contribution in [2.24, 2.45) is 0 Å². The van der Waals surface area contributed by atoms with Crippen LogP contribution < -0.4 is 5.32 Å². The minimum Gasteiger partial charge on any atom is -0.463 e. The minimum absolute atomic E-state index is 0.0874. The van der Waals surface area contributed by atoms with Crippen LogP contribution in [0.3, 0.4) is 0 Å². The van der Waals surface area contributed by atoms with Crippen LogP contribution in [0.15, 0.2) is 24.3 Å². The van der Waals surface area contributed by atoms with Gasteiger partial charge in [-0.2, -0.15) is 0 Å². The highest BCUT2D eigenvalue weighted by molar-refractivity contribution is 6.36. The largest absolute Gasteiger partial charge is 0.463 e. The second-order valence-electron chi connectivity index (χ2n) is 4.58. The van der Waals surface area contributed by atoms with Crippen molar-refractivity contribution in [1.82, 2.24) is 5.06 Å². The number of hydrogen-bond acceptors (Lipinski definition) is 6. The van der Waals surface area contributed by atoms with Crippen molar-refractivity contribution in [2.45, 2.75) is 19.9 Å². The summed E-state index contributed by atoms with van der Waals surface area (Å²) in [6.45, 7) is 1.49. The molecule has 0 atom stereocenters. The smallest absolute Gasteiger partial charge is 0.374 e. The van der Waals surface area contributed by atoms with Gasteiger partial charge in [0.05, 0.1) is 27.2 Å². The predicted octanol–water partition coefficient (Wildman–Crippen LogP) is 0.667. The quantitative estimate of drug-likeness (QED) is 0.342. The lowest BCUT2D eigenvalue weighted by atomic mass is 10.2. The maximum absolute atomic E-state index is 11.9. The van der Waals surface area contributed by atoms with Crippen LogP contribution in [0.4, 0.5) is 5.69 Å². The molecule has 0 aliphatic carbocycles. The van der Waals surface area contributed by atoms with Gasteiger partial charge < -0.3 is 10.1 Å². The summed E-state index contributed by atoms with van der Waals surface area (Å²) in [6, 6.07) is 6.75. The lowest BCUT2D eigenvalue weighted by Gasteiger charge is -2.19. The lowest BCUT2D eigenvalue weighted by molar-refractivity contribution is -0.180. The number of amides is 2. The van der Waals surface area contributed by atoms with Gasteiger partial charge in [-0.3, -0.25) is 19.2 Å². The van der Waals surface area contributed by atoms with Crippen LogP contribution in [-0.2, 0) is 35.3 Å². The number of carbonyl (C=O) groups is 4. The Hall–Kier alpha value is -2.74. The van der Waals surface area contributed by atoms with Gasteiger partial charge in [-0.15, -0.1) is 0 Å². The molecule has 23 heavy (non-hydrogen) atoms. The number of esters is 1. The fraction of sp³-hybridized carbons (Fsp3) is 0.333. The molecule has 8 heteroatoms. The Bertz CT molecular complexity index is 596. The molecule has 1 rings (SSSR count). The molecule has 0 saturated carbocycles. The van der Waals surface area contributed by atoms with Crippen molar-refractivity contribution in [1.29, 1.82) is 0 Å². The van der Waals surface area contributed by atoms with E-state index in [1.807, 2.05) is 0 Å². The molecule has 0 aliphatic heterocycles. The first kappa shape index (κ1) is 18.3. The Balaban J connectivity index is 2.68. The van der Waals surface area contributed by atoms with Crippen LogP contribution in [0.5, 0.6) is 0 Å². The van der Waals surface area contributed by atoms with Crippen molar-refractivity contribution >= 4 is 29.3 Å². The van der Waals surface area contributed by atoms with Gasteiger partial charge in [0.15, 0.2) is 0 Å². The first-order chi connectivity index (χ1) is 10.9. The summed E-state index contributed by atoms with van der Waals surface area (Å²) in [6.07, 6.45) is -0.634. The number of methoxy groups -OCH3 is 1. The van der Waals surface area contributed by atoms with Crippen molar-refractivity contribution in [2.75, 3.05) is 19.5 Å². The number of carbonyl (C=O) groups excluding carboxylic acids is 4. The molecule has 0 bridgehead atoms. The van der Waals surface area contributed by atoms with Crippen LogP contribution in [0.1, 0.15) is 18.9 Å². The fourth-order valence-electron chi connectivity index (χ4n) is 1.73. The molecule has 1 aromatic carbocycles. The summed E-state index contributed by atoms with van der Waals surface area (Å²) in [7, 11) is 2.35. The Morgan fingerprint density at radius 3 is 2.17 bits per heavy atom. The first-order valence-corrected chi connectivity index (χ1v) is 6.69. The number of hydroxylamine groups is 2. The van der Waals surface area contributed by atoms with Gasteiger partial charge in [0.1, 0.15) is 0 Å². The Morgan fingerprint density at radius 1 is 1.09 bits per heavy atom. The number of anilines is 1. The zero-order valence-electron chi connectivity index (χ0n) is 13.1. The monoisotopic (exact) mass is 322 g/mol. The van der Waals surface area contributed by atoms with Gasteiger partial charge in [0.2, 0.25) is 11.7 Å². The Kier molecular flexibility index (Phi) is 6.88. The summed E-state index contributed by atoms with van der Waals surface area (Å²) in [5.41, 5.74) is 1.34. The molecule has 2 amide bonds. The number of ether oxygens (including phenoxy) is 1. The lowest BCUT2D eigenvalue weighted by Crippen LogP contribution is -2.33. The second kappa shape index (κ2) is 8.64. The topological polar surface area (TPSA) is 102 Å². The molecule has 0 spiro atoms. The highest BCUT2D eigenvalue weighted by atomic mass is 16.7. The predicted molar refractivity (Wildman–Crippen MR) is 79.9 cm³/mol. The molecule has 8 nitrogen and oxygen atoms in total.